The van der Waals surface area contributed by atoms with Crippen LogP contribution in [0.2, 0.25) is 0 Å². The summed E-state index contributed by atoms with van der Waals surface area (Å²) in [4.78, 5) is 18.0. The molecule has 2 aliphatic heterocycles. The van der Waals surface area contributed by atoms with E-state index < -0.39 is 17.7 Å². The largest absolute Gasteiger partial charge is 0.485 e. The van der Waals surface area contributed by atoms with E-state index in [1.165, 1.54) is 0 Å². The molecular formula is C14H19N3O3. The Morgan fingerprint density at radius 1 is 1.55 bits per heavy atom. The number of ether oxygens (including phenoxy) is 1. The molecule has 1 saturated heterocycles. The second kappa shape index (κ2) is 4.71. The highest BCUT2D eigenvalue weighted by Crippen LogP contribution is 2.42. The summed E-state index contributed by atoms with van der Waals surface area (Å²) >= 11 is 0. The van der Waals surface area contributed by atoms with Gasteiger partial charge >= 0.3 is 0 Å². The van der Waals surface area contributed by atoms with Crippen molar-refractivity contribution in [3.8, 4) is 5.75 Å². The van der Waals surface area contributed by atoms with Crippen molar-refractivity contribution in [2.45, 2.75) is 31.6 Å². The average molecular weight is 277 g/mol. The van der Waals surface area contributed by atoms with Crippen molar-refractivity contribution in [3.63, 3.8) is 0 Å². The molecule has 0 bridgehead atoms. The summed E-state index contributed by atoms with van der Waals surface area (Å²) in [5, 5.41) is 13.7. The minimum absolute atomic E-state index is 0.00666. The molecule has 2 aliphatic rings. The minimum Gasteiger partial charge on any atom is -0.485 e. The first kappa shape index (κ1) is 13.3. The Morgan fingerprint density at radius 3 is 3.10 bits per heavy atom. The first-order chi connectivity index (χ1) is 9.50. The summed E-state index contributed by atoms with van der Waals surface area (Å²) in [5.41, 5.74) is 0.0269. The number of aliphatic hydroxyl groups is 1. The molecule has 108 valence electrons. The van der Waals surface area contributed by atoms with Crippen LogP contribution in [0, 0.1) is 0 Å². The van der Waals surface area contributed by atoms with Crippen molar-refractivity contribution in [1.82, 2.24) is 15.2 Å². The van der Waals surface area contributed by atoms with Gasteiger partial charge < -0.3 is 20.1 Å². The maximum absolute atomic E-state index is 12.2. The number of hydrogen-bond donors (Lipinski definition) is 2. The van der Waals surface area contributed by atoms with E-state index >= 15 is 0 Å². The maximum atomic E-state index is 12.2. The normalized spacial score (nSPS) is 28.8. The van der Waals surface area contributed by atoms with Gasteiger partial charge in [0.1, 0.15) is 17.5 Å². The van der Waals surface area contributed by atoms with Crippen molar-refractivity contribution < 1.29 is 14.6 Å². The van der Waals surface area contributed by atoms with Crippen LogP contribution >= 0.6 is 0 Å². The molecule has 20 heavy (non-hydrogen) atoms. The van der Waals surface area contributed by atoms with E-state index in [0.717, 1.165) is 12.1 Å². The van der Waals surface area contributed by atoms with Gasteiger partial charge in [-0.2, -0.15) is 0 Å². The third-order valence-electron chi connectivity index (χ3n) is 3.97. The summed E-state index contributed by atoms with van der Waals surface area (Å²) < 4.78 is 5.84. The molecule has 1 fully saturated rings. The van der Waals surface area contributed by atoms with E-state index in [1.807, 2.05) is 13.8 Å². The lowest BCUT2D eigenvalue weighted by Gasteiger charge is -2.47. The van der Waals surface area contributed by atoms with Gasteiger partial charge in [0.15, 0.2) is 0 Å². The highest BCUT2D eigenvalue weighted by Gasteiger charge is 2.47. The lowest BCUT2D eigenvalue weighted by atomic mass is 9.86. The maximum Gasteiger partial charge on any atom is 0.237 e. The van der Waals surface area contributed by atoms with Crippen LogP contribution in [-0.4, -0.2) is 52.2 Å². The first-order valence-electron chi connectivity index (χ1n) is 6.82. The molecule has 0 saturated carbocycles. The molecular weight excluding hydrogens is 258 g/mol. The van der Waals surface area contributed by atoms with E-state index in [9.17, 15) is 9.90 Å². The van der Waals surface area contributed by atoms with Gasteiger partial charge in [0.05, 0.1) is 12.6 Å². The summed E-state index contributed by atoms with van der Waals surface area (Å²) in [6, 6.07) is 1.37. The number of pyridine rings is 1. The fourth-order valence-corrected chi connectivity index (χ4v) is 2.86. The number of carbonyl (C=O) groups is 1. The molecule has 6 heteroatoms. The number of piperazine rings is 1. The van der Waals surface area contributed by atoms with Gasteiger partial charge in [-0.25, -0.2) is 0 Å². The number of nitrogens with zero attached hydrogens (tertiary/aromatic N) is 2. The Hall–Kier alpha value is -1.66. The van der Waals surface area contributed by atoms with Crippen LogP contribution < -0.4 is 10.1 Å². The SMILES string of the molecule is CC1(C)Oc2ccncc2C(N2CCNCC2=O)C1O. The number of hydrogen-bond acceptors (Lipinski definition) is 5. The van der Waals surface area contributed by atoms with Crippen molar-refractivity contribution >= 4 is 5.91 Å². The Balaban J connectivity index is 2.05. The number of aliphatic hydroxyl groups excluding tert-OH is 1. The Labute approximate surface area is 117 Å². The van der Waals surface area contributed by atoms with Gasteiger partial charge in [-0.05, 0) is 19.9 Å². The zero-order valence-corrected chi connectivity index (χ0v) is 11.7. The molecule has 0 spiro atoms. The highest BCUT2D eigenvalue weighted by molar-refractivity contribution is 5.79. The van der Waals surface area contributed by atoms with Gasteiger partial charge in [-0.15, -0.1) is 0 Å². The number of rotatable bonds is 1. The van der Waals surface area contributed by atoms with Crippen molar-refractivity contribution in [3.05, 3.63) is 24.0 Å². The molecule has 3 heterocycles. The van der Waals surface area contributed by atoms with Crippen LogP contribution in [0.1, 0.15) is 25.5 Å². The second-order valence-corrected chi connectivity index (χ2v) is 5.77. The Bertz CT molecular complexity index is 532. The zero-order chi connectivity index (χ0) is 14.3. The summed E-state index contributed by atoms with van der Waals surface area (Å²) in [5.74, 6) is 0.680. The predicted octanol–water partition coefficient (Wildman–Crippen LogP) is 0.0864. The number of fused-ring (bicyclic) bond motifs is 1. The minimum atomic E-state index is -0.791. The summed E-state index contributed by atoms with van der Waals surface area (Å²) in [6.45, 7) is 5.28. The van der Waals surface area contributed by atoms with Crippen LogP contribution in [0.4, 0.5) is 0 Å². The van der Waals surface area contributed by atoms with E-state index in [4.69, 9.17) is 4.74 Å². The summed E-state index contributed by atoms with van der Waals surface area (Å²) in [7, 11) is 0. The van der Waals surface area contributed by atoms with Crippen molar-refractivity contribution in [2.75, 3.05) is 19.6 Å². The molecule has 6 nitrogen and oxygen atoms in total. The number of amides is 1. The van der Waals surface area contributed by atoms with Crippen LogP contribution in [0.15, 0.2) is 18.5 Å². The van der Waals surface area contributed by atoms with E-state index in [1.54, 1.807) is 23.4 Å². The average Bonchev–Trinajstić information content (AvgIpc) is 2.41. The van der Waals surface area contributed by atoms with Crippen LogP contribution in [-0.2, 0) is 4.79 Å². The number of nitrogens with one attached hydrogen (secondary N) is 1. The zero-order valence-electron chi connectivity index (χ0n) is 11.7. The summed E-state index contributed by atoms with van der Waals surface area (Å²) in [6.07, 6.45) is 2.54. The van der Waals surface area contributed by atoms with Gasteiger partial charge in [0.25, 0.3) is 0 Å². The van der Waals surface area contributed by atoms with Crippen molar-refractivity contribution in [2.24, 2.45) is 0 Å². The molecule has 1 amide bonds. The van der Waals surface area contributed by atoms with Crippen LogP contribution in [0.5, 0.6) is 5.75 Å². The van der Waals surface area contributed by atoms with Crippen LogP contribution in [0.25, 0.3) is 0 Å². The van der Waals surface area contributed by atoms with Gasteiger partial charge in [0.2, 0.25) is 5.91 Å². The van der Waals surface area contributed by atoms with E-state index in [-0.39, 0.29) is 5.91 Å². The standard InChI is InChI=1S/C14H19N3O3/c1-14(2)13(19)12(17-6-5-16-8-11(17)18)9-7-15-4-3-10(9)20-14/h3-4,7,12-13,16,19H,5-6,8H2,1-2H3. The van der Waals surface area contributed by atoms with E-state index in [0.29, 0.717) is 18.8 Å². The molecule has 2 atom stereocenters. The molecule has 2 N–H and O–H groups in total. The predicted molar refractivity (Wildman–Crippen MR) is 72.3 cm³/mol. The van der Waals surface area contributed by atoms with Gasteiger partial charge in [-0.1, -0.05) is 0 Å². The fraction of sp³-hybridized carbons (Fsp3) is 0.571. The molecule has 3 rings (SSSR count). The van der Waals surface area contributed by atoms with Gasteiger partial charge in [0, 0.05) is 31.0 Å². The van der Waals surface area contributed by atoms with Crippen molar-refractivity contribution in [1.29, 1.82) is 0 Å². The molecule has 1 aromatic rings. The molecule has 0 radical (unpaired) electrons. The quantitative estimate of drug-likeness (QED) is 0.761. The molecule has 0 aliphatic carbocycles. The lowest BCUT2D eigenvalue weighted by molar-refractivity contribution is -0.145. The number of carbonyl (C=O) groups excluding carboxylic acids is 1. The second-order valence-electron chi connectivity index (χ2n) is 5.77. The monoisotopic (exact) mass is 277 g/mol. The topological polar surface area (TPSA) is 74.7 Å². The van der Waals surface area contributed by atoms with Gasteiger partial charge in [-0.3, -0.25) is 9.78 Å². The smallest absolute Gasteiger partial charge is 0.237 e. The molecule has 0 aromatic carbocycles. The fourth-order valence-electron chi connectivity index (χ4n) is 2.86. The molecule has 1 aromatic heterocycles. The number of aromatic nitrogens is 1. The molecule has 2 unspecified atom stereocenters. The third-order valence-corrected chi connectivity index (χ3v) is 3.97. The first-order valence-corrected chi connectivity index (χ1v) is 6.82. The van der Waals surface area contributed by atoms with Crippen LogP contribution in [0.3, 0.4) is 0 Å². The Morgan fingerprint density at radius 2 is 2.35 bits per heavy atom. The highest BCUT2D eigenvalue weighted by atomic mass is 16.5. The lowest BCUT2D eigenvalue weighted by Crippen LogP contribution is -2.58. The van der Waals surface area contributed by atoms with E-state index in [2.05, 4.69) is 10.3 Å². The third kappa shape index (κ3) is 2.05. The Kier molecular flexibility index (Phi) is 3.14.